The van der Waals surface area contributed by atoms with Gasteiger partial charge >= 0.3 is 0 Å². The van der Waals surface area contributed by atoms with E-state index in [9.17, 15) is 22.8 Å². The van der Waals surface area contributed by atoms with Crippen LogP contribution in [0, 0.1) is 5.92 Å². The summed E-state index contributed by atoms with van der Waals surface area (Å²) >= 11 is 0. The van der Waals surface area contributed by atoms with Crippen LogP contribution in [0.1, 0.15) is 68.9 Å². The second kappa shape index (κ2) is 12.0. The van der Waals surface area contributed by atoms with Crippen molar-refractivity contribution in [2.75, 3.05) is 6.54 Å². The summed E-state index contributed by atoms with van der Waals surface area (Å²) in [7, 11) is -3.82. The molecular formula is C34H39N5O6S. The number of carbonyl (C=O) groups excluding carboxylic acids is 3. The molecule has 4 N–H and O–H groups in total. The van der Waals surface area contributed by atoms with Crippen LogP contribution in [0.4, 0.5) is 0 Å². The molecular weight excluding hydrogens is 606 g/mol. The maximum Gasteiger partial charge on any atom is 0.259 e. The number of oxime groups is 1. The topological polar surface area (TPSA) is 160 Å². The Labute approximate surface area is 268 Å². The maximum atomic E-state index is 14.0. The number of allylic oxidation sites excluding steroid dienone is 1. The Morgan fingerprint density at radius 3 is 2.33 bits per heavy atom. The molecule has 2 saturated carbocycles. The third-order valence-corrected chi connectivity index (χ3v) is 11.7. The lowest BCUT2D eigenvalue weighted by atomic mass is 10.1. The number of nitrogens with two attached hydrogens (primary N) is 1. The average Bonchev–Trinajstić information content (AvgIpc) is 3.95. The summed E-state index contributed by atoms with van der Waals surface area (Å²) in [5.74, 6) is -1.99. The molecule has 11 nitrogen and oxygen atoms in total. The Hall–Kier alpha value is -4.03. The number of amides is 3. The van der Waals surface area contributed by atoms with E-state index in [4.69, 9.17) is 10.6 Å². The molecule has 2 heterocycles. The average molecular weight is 646 g/mol. The summed E-state index contributed by atoms with van der Waals surface area (Å²) in [5.41, 5.74) is 9.62. The lowest BCUT2D eigenvalue weighted by Crippen LogP contribution is -2.57. The first kappa shape index (κ1) is 30.6. The molecule has 242 valence electrons. The summed E-state index contributed by atoms with van der Waals surface area (Å²) in [6.07, 6.45) is 8.51. The molecule has 7 rings (SSSR count). The summed E-state index contributed by atoms with van der Waals surface area (Å²) in [4.78, 5) is 48.7. The van der Waals surface area contributed by atoms with Crippen molar-refractivity contribution in [1.82, 2.24) is 14.9 Å². The number of sulfonamides is 1. The number of nitrogens with zero attached hydrogens (tertiary/aromatic N) is 2. The summed E-state index contributed by atoms with van der Waals surface area (Å²) in [5, 5.41) is 6.86. The van der Waals surface area contributed by atoms with E-state index >= 15 is 0 Å². The Morgan fingerprint density at radius 2 is 1.65 bits per heavy atom. The van der Waals surface area contributed by atoms with E-state index in [0.29, 0.717) is 25.0 Å². The molecule has 3 amide bonds. The molecule has 12 heteroatoms. The van der Waals surface area contributed by atoms with Crippen molar-refractivity contribution in [2.45, 2.75) is 86.8 Å². The second-order valence-electron chi connectivity index (χ2n) is 13.1. The minimum Gasteiger partial charge on any atom is -0.390 e. The molecule has 5 atom stereocenters. The van der Waals surface area contributed by atoms with Crippen molar-refractivity contribution in [3.63, 3.8) is 0 Å². The summed E-state index contributed by atoms with van der Waals surface area (Å²) in [6.45, 7) is 0.100. The monoisotopic (exact) mass is 645 g/mol. The van der Waals surface area contributed by atoms with E-state index in [2.05, 4.69) is 15.2 Å². The summed E-state index contributed by atoms with van der Waals surface area (Å²) < 4.78 is 27.6. The maximum absolute atomic E-state index is 14.0. The van der Waals surface area contributed by atoms with Gasteiger partial charge in [-0.1, -0.05) is 78.7 Å². The molecule has 46 heavy (non-hydrogen) atoms. The van der Waals surface area contributed by atoms with Crippen LogP contribution in [-0.2, 0) is 29.2 Å². The lowest BCUT2D eigenvalue weighted by Gasteiger charge is -2.28. The van der Waals surface area contributed by atoms with Gasteiger partial charge in [-0.05, 0) is 49.7 Å². The quantitative estimate of drug-likeness (QED) is 0.284. The van der Waals surface area contributed by atoms with Gasteiger partial charge in [-0.3, -0.25) is 19.1 Å². The molecule has 0 radical (unpaired) electrons. The Bertz CT molecular complexity index is 1690. The first-order valence-corrected chi connectivity index (χ1v) is 17.8. The third-order valence-electron chi connectivity index (χ3n) is 9.83. The zero-order chi connectivity index (χ0) is 32.1. The van der Waals surface area contributed by atoms with Gasteiger partial charge in [0.2, 0.25) is 21.8 Å². The number of fused-ring (bicyclic) bond motifs is 5. The van der Waals surface area contributed by atoms with E-state index in [-0.39, 0.29) is 31.2 Å². The van der Waals surface area contributed by atoms with Gasteiger partial charge in [0.25, 0.3) is 5.91 Å². The smallest absolute Gasteiger partial charge is 0.259 e. The molecule has 2 aromatic carbocycles. The van der Waals surface area contributed by atoms with Crippen LogP contribution in [0.2, 0.25) is 0 Å². The predicted molar refractivity (Wildman–Crippen MR) is 172 cm³/mol. The van der Waals surface area contributed by atoms with Gasteiger partial charge in [-0.25, -0.2) is 8.42 Å². The van der Waals surface area contributed by atoms with Crippen LogP contribution in [0.5, 0.6) is 0 Å². The number of benzene rings is 2. The Kier molecular flexibility index (Phi) is 7.96. The van der Waals surface area contributed by atoms with Crippen molar-refractivity contribution in [3.05, 3.63) is 71.8 Å². The molecule has 0 bridgehead atoms. The van der Waals surface area contributed by atoms with E-state index in [1.807, 2.05) is 60.7 Å². The fraction of sp³-hybridized carbons (Fsp3) is 0.471. The van der Waals surface area contributed by atoms with Crippen molar-refractivity contribution >= 4 is 33.5 Å². The molecule has 1 saturated heterocycles. The molecule has 3 fully saturated rings. The number of nitrogens with one attached hydrogen (secondary N) is 2. The van der Waals surface area contributed by atoms with Gasteiger partial charge in [0.15, 0.2) is 0 Å². The zero-order valence-corrected chi connectivity index (χ0v) is 26.4. The van der Waals surface area contributed by atoms with Gasteiger partial charge < -0.3 is 20.8 Å². The highest BCUT2D eigenvalue weighted by molar-refractivity contribution is 7.91. The Balaban J connectivity index is 1.15. The highest BCUT2D eigenvalue weighted by Gasteiger charge is 2.62. The highest BCUT2D eigenvalue weighted by Crippen LogP contribution is 2.46. The summed E-state index contributed by atoms with van der Waals surface area (Å²) in [6, 6.07) is 14.1. The van der Waals surface area contributed by atoms with Gasteiger partial charge in [0, 0.05) is 23.5 Å². The van der Waals surface area contributed by atoms with Crippen molar-refractivity contribution in [2.24, 2.45) is 16.8 Å². The van der Waals surface area contributed by atoms with Crippen LogP contribution in [-0.4, -0.2) is 72.3 Å². The molecule has 3 aliphatic carbocycles. The van der Waals surface area contributed by atoms with Crippen LogP contribution in [0.15, 0.2) is 65.8 Å². The van der Waals surface area contributed by atoms with Crippen LogP contribution < -0.4 is 15.8 Å². The molecule has 2 aromatic rings. The van der Waals surface area contributed by atoms with E-state index < -0.39 is 50.8 Å². The fourth-order valence-corrected chi connectivity index (χ4v) is 8.32. The first-order valence-electron chi connectivity index (χ1n) is 16.2. The molecule has 2 aliphatic heterocycles. The number of hydrogen-bond donors (Lipinski definition) is 3. The first-order chi connectivity index (χ1) is 22.2. The molecule has 0 aromatic heterocycles. The van der Waals surface area contributed by atoms with Crippen LogP contribution in [0.3, 0.4) is 0 Å². The van der Waals surface area contributed by atoms with E-state index in [1.165, 1.54) is 4.90 Å². The zero-order valence-electron chi connectivity index (χ0n) is 25.6. The van der Waals surface area contributed by atoms with Crippen LogP contribution in [0.25, 0.3) is 11.1 Å². The normalized spacial score (nSPS) is 30.0. The molecule has 5 aliphatic rings. The van der Waals surface area contributed by atoms with Gasteiger partial charge in [-0.2, -0.15) is 0 Å². The van der Waals surface area contributed by atoms with Gasteiger partial charge in [-0.15, -0.1) is 0 Å². The third kappa shape index (κ3) is 5.72. The molecule has 0 spiro atoms. The van der Waals surface area contributed by atoms with E-state index in [0.717, 1.165) is 47.9 Å². The number of hydrogen-bond acceptors (Lipinski definition) is 8. The van der Waals surface area contributed by atoms with Crippen molar-refractivity contribution in [3.8, 4) is 11.1 Å². The Morgan fingerprint density at radius 1 is 0.978 bits per heavy atom. The van der Waals surface area contributed by atoms with E-state index in [1.54, 1.807) is 0 Å². The van der Waals surface area contributed by atoms with Crippen LogP contribution >= 0.6 is 0 Å². The van der Waals surface area contributed by atoms with Crippen molar-refractivity contribution < 1.29 is 27.6 Å². The van der Waals surface area contributed by atoms with Gasteiger partial charge in [0.1, 0.15) is 23.4 Å². The predicted octanol–water partition coefficient (Wildman–Crippen LogP) is 2.74. The largest absolute Gasteiger partial charge is 0.390 e. The lowest BCUT2D eigenvalue weighted by molar-refractivity contribution is -0.140. The number of carbonyl (C=O) groups is 3. The highest BCUT2D eigenvalue weighted by atomic mass is 32.2. The van der Waals surface area contributed by atoms with Crippen molar-refractivity contribution in [1.29, 1.82) is 0 Å². The fourth-order valence-electron chi connectivity index (χ4n) is 6.95. The second-order valence-corrected chi connectivity index (χ2v) is 15.1. The standard InChI is InChI=1S/C34H39N5O6S/c35-28-15-5-3-1-2-4-10-21-19-34(21,33(42)38-46(43,44)23-16-17-23)36-31(40)29-18-22(20-39(29)32(28)41)45-37-30-26-13-8-6-11-24(26)25-12-7-9-14-27(25)30/h4,6-14,21-23,28-29H,1-3,5,15-20,35H2,(H,36,40)(H,38,42)/b10-4-/t21-,22-,28+,29+,34-/m1/s1. The minimum atomic E-state index is -3.82. The number of rotatable bonds is 5. The molecule has 0 unspecified atom stereocenters. The SMILES string of the molecule is N[C@H]1CCCCC/C=C\[C@@H]2C[C@@]2(C(=O)NS(=O)(=O)C2CC2)NC(=O)[C@@H]2C[C@@H](ON=C3c4ccccc4-c4ccccc43)CN2C1=O. The minimum absolute atomic E-state index is 0.100. The van der Waals surface area contributed by atoms with Gasteiger partial charge in [0.05, 0.1) is 17.8 Å².